The van der Waals surface area contributed by atoms with Gasteiger partial charge in [0.1, 0.15) is 0 Å². The van der Waals surface area contributed by atoms with Crippen molar-refractivity contribution in [2.24, 2.45) is 5.73 Å². The molecular weight excluding hydrogens is 364 g/mol. The maximum atomic E-state index is 6.76. The Kier molecular flexibility index (Phi) is 5.36. The minimum atomic E-state index is -0.439. The van der Waals surface area contributed by atoms with Gasteiger partial charge in [-0.2, -0.15) is 0 Å². The molecule has 1 unspecified atom stereocenters. The molecule has 1 aliphatic carbocycles. The molecule has 0 heterocycles. The molecule has 4 rings (SSSR count). The molecule has 2 nitrogen and oxygen atoms in total. The molecular formula is C28H30N2. The number of nitrogens with one attached hydrogen (secondary N) is 1. The maximum absolute atomic E-state index is 6.76. The number of hydrogen-bond acceptors (Lipinski definition) is 2. The third-order valence-electron chi connectivity index (χ3n) is 5.98. The average Bonchev–Trinajstić information content (AvgIpc) is 2.71. The lowest BCUT2D eigenvalue weighted by atomic mass is 9.80. The average molecular weight is 395 g/mol. The van der Waals surface area contributed by atoms with Crippen LogP contribution in [0.4, 0.5) is 11.4 Å². The molecule has 3 aromatic carbocycles. The SMILES string of the molecule is Cc1ccc(Nc2ccc(C3=CCC(N)(c4ccc(C)cc4C)C=C3)cc2)c(C)c1. The second kappa shape index (κ2) is 7.97. The predicted octanol–water partition coefficient (Wildman–Crippen LogP) is 6.86. The first kappa shape index (κ1) is 20.2. The summed E-state index contributed by atoms with van der Waals surface area (Å²) in [6, 6.07) is 21.6. The number of allylic oxidation sites excluding steroid dienone is 2. The molecule has 0 bridgehead atoms. The molecule has 3 aromatic rings. The van der Waals surface area contributed by atoms with Crippen molar-refractivity contribution in [3.05, 3.63) is 112 Å². The zero-order valence-corrected chi connectivity index (χ0v) is 18.3. The monoisotopic (exact) mass is 394 g/mol. The van der Waals surface area contributed by atoms with Crippen LogP contribution >= 0.6 is 0 Å². The topological polar surface area (TPSA) is 38.0 Å². The minimum absolute atomic E-state index is 0.439. The fourth-order valence-corrected chi connectivity index (χ4v) is 4.26. The lowest BCUT2D eigenvalue weighted by Gasteiger charge is -2.30. The Labute approximate surface area is 180 Å². The van der Waals surface area contributed by atoms with Crippen LogP contribution in [0.1, 0.15) is 39.8 Å². The summed E-state index contributed by atoms with van der Waals surface area (Å²) < 4.78 is 0. The van der Waals surface area contributed by atoms with Crippen molar-refractivity contribution in [1.82, 2.24) is 0 Å². The lowest BCUT2D eigenvalue weighted by molar-refractivity contribution is 0.563. The van der Waals surface area contributed by atoms with Gasteiger partial charge in [-0.3, -0.25) is 0 Å². The third-order valence-corrected chi connectivity index (χ3v) is 5.98. The molecule has 0 saturated heterocycles. The number of benzene rings is 3. The number of hydrogen-bond donors (Lipinski definition) is 2. The first-order valence-corrected chi connectivity index (χ1v) is 10.5. The van der Waals surface area contributed by atoms with Crippen LogP contribution in [0.25, 0.3) is 5.57 Å². The molecule has 0 saturated carbocycles. The van der Waals surface area contributed by atoms with Gasteiger partial charge in [0.05, 0.1) is 5.54 Å². The quantitative estimate of drug-likeness (QED) is 0.507. The molecule has 0 amide bonds. The van der Waals surface area contributed by atoms with Crippen LogP contribution in [0.2, 0.25) is 0 Å². The standard InChI is InChI=1S/C28H30N2/c1-19-5-11-26(21(3)17-19)28(29)15-13-24(14-16-28)23-7-9-25(10-8-23)30-27-12-6-20(2)18-22(27)4/h5-15,17-18,30H,16,29H2,1-4H3. The van der Waals surface area contributed by atoms with Crippen molar-refractivity contribution in [3.8, 4) is 0 Å². The van der Waals surface area contributed by atoms with Gasteiger partial charge >= 0.3 is 0 Å². The summed E-state index contributed by atoms with van der Waals surface area (Å²) in [5.41, 5.74) is 17.2. The Bertz CT molecular complexity index is 1140. The smallest absolute Gasteiger partial charge is 0.0636 e. The van der Waals surface area contributed by atoms with Crippen LogP contribution < -0.4 is 11.1 Å². The summed E-state index contributed by atoms with van der Waals surface area (Å²) >= 11 is 0. The Balaban J connectivity index is 1.50. The molecule has 1 aliphatic rings. The van der Waals surface area contributed by atoms with E-state index in [1.165, 1.54) is 39.0 Å². The molecule has 3 N–H and O–H groups in total. The Morgan fingerprint density at radius 1 is 0.800 bits per heavy atom. The van der Waals surface area contributed by atoms with Crippen LogP contribution in [0.3, 0.4) is 0 Å². The van der Waals surface area contributed by atoms with Gasteiger partial charge < -0.3 is 11.1 Å². The second-order valence-corrected chi connectivity index (χ2v) is 8.58. The van der Waals surface area contributed by atoms with Crippen LogP contribution in [0, 0.1) is 27.7 Å². The third kappa shape index (κ3) is 4.10. The normalized spacial score (nSPS) is 18.2. The van der Waals surface area contributed by atoms with Crippen molar-refractivity contribution in [2.45, 2.75) is 39.7 Å². The van der Waals surface area contributed by atoms with Gasteiger partial charge in [0.25, 0.3) is 0 Å². The fourth-order valence-electron chi connectivity index (χ4n) is 4.26. The van der Waals surface area contributed by atoms with Gasteiger partial charge in [-0.25, -0.2) is 0 Å². The van der Waals surface area contributed by atoms with Crippen LogP contribution in [-0.4, -0.2) is 0 Å². The van der Waals surface area contributed by atoms with Crippen molar-refractivity contribution in [3.63, 3.8) is 0 Å². The van der Waals surface area contributed by atoms with E-state index in [0.717, 1.165) is 17.8 Å². The molecule has 152 valence electrons. The molecule has 0 aromatic heterocycles. The van der Waals surface area contributed by atoms with E-state index in [1.54, 1.807) is 0 Å². The zero-order chi connectivity index (χ0) is 21.3. The van der Waals surface area contributed by atoms with E-state index in [0.29, 0.717) is 0 Å². The molecule has 2 heteroatoms. The van der Waals surface area contributed by atoms with Crippen molar-refractivity contribution < 1.29 is 0 Å². The Morgan fingerprint density at radius 2 is 1.47 bits per heavy atom. The lowest BCUT2D eigenvalue weighted by Crippen LogP contribution is -2.35. The molecule has 0 radical (unpaired) electrons. The molecule has 1 atom stereocenters. The van der Waals surface area contributed by atoms with Gasteiger partial charge in [-0.15, -0.1) is 0 Å². The maximum Gasteiger partial charge on any atom is 0.0636 e. The van der Waals surface area contributed by atoms with E-state index in [-0.39, 0.29) is 0 Å². The first-order valence-electron chi connectivity index (χ1n) is 10.5. The summed E-state index contributed by atoms with van der Waals surface area (Å²) in [5.74, 6) is 0. The number of rotatable bonds is 4. The highest BCUT2D eigenvalue weighted by atomic mass is 14.9. The van der Waals surface area contributed by atoms with Crippen molar-refractivity contribution in [2.75, 3.05) is 5.32 Å². The van der Waals surface area contributed by atoms with Gasteiger partial charge in [0.15, 0.2) is 0 Å². The fraction of sp³-hybridized carbons (Fsp3) is 0.214. The Hall–Kier alpha value is -3.10. The largest absolute Gasteiger partial charge is 0.355 e. The molecule has 0 spiro atoms. The van der Waals surface area contributed by atoms with Gasteiger partial charge in [-0.05, 0) is 80.1 Å². The van der Waals surface area contributed by atoms with E-state index in [4.69, 9.17) is 5.73 Å². The highest BCUT2D eigenvalue weighted by Crippen LogP contribution is 2.34. The van der Waals surface area contributed by atoms with Crippen molar-refractivity contribution >= 4 is 16.9 Å². The summed E-state index contributed by atoms with van der Waals surface area (Å²) in [6.07, 6.45) is 7.37. The Morgan fingerprint density at radius 3 is 2.07 bits per heavy atom. The van der Waals surface area contributed by atoms with E-state index < -0.39 is 5.54 Å². The highest BCUT2D eigenvalue weighted by Gasteiger charge is 2.27. The van der Waals surface area contributed by atoms with Crippen LogP contribution in [-0.2, 0) is 5.54 Å². The first-order chi connectivity index (χ1) is 14.3. The highest BCUT2D eigenvalue weighted by molar-refractivity contribution is 5.77. The number of nitrogens with two attached hydrogens (primary N) is 1. The summed E-state index contributed by atoms with van der Waals surface area (Å²) in [6.45, 7) is 8.52. The molecule has 0 fully saturated rings. The zero-order valence-electron chi connectivity index (χ0n) is 18.3. The minimum Gasteiger partial charge on any atom is -0.355 e. The number of aryl methyl sites for hydroxylation is 4. The van der Waals surface area contributed by atoms with Crippen LogP contribution in [0.15, 0.2) is 78.9 Å². The molecule has 30 heavy (non-hydrogen) atoms. The van der Waals surface area contributed by atoms with E-state index >= 15 is 0 Å². The number of anilines is 2. The van der Waals surface area contributed by atoms with Crippen LogP contribution in [0.5, 0.6) is 0 Å². The van der Waals surface area contributed by atoms with E-state index in [9.17, 15) is 0 Å². The van der Waals surface area contributed by atoms with Crippen molar-refractivity contribution in [1.29, 1.82) is 0 Å². The molecule has 0 aliphatic heterocycles. The summed E-state index contributed by atoms with van der Waals surface area (Å²) in [5, 5.41) is 3.52. The second-order valence-electron chi connectivity index (χ2n) is 8.58. The van der Waals surface area contributed by atoms with Gasteiger partial charge in [0.2, 0.25) is 0 Å². The van der Waals surface area contributed by atoms with Gasteiger partial charge in [-0.1, -0.05) is 71.8 Å². The van der Waals surface area contributed by atoms with E-state index in [1.807, 2.05) is 0 Å². The summed E-state index contributed by atoms with van der Waals surface area (Å²) in [7, 11) is 0. The van der Waals surface area contributed by atoms with Gasteiger partial charge in [0, 0.05) is 11.4 Å². The predicted molar refractivity (Wildman–Crippen MR) is 129 cm³/mol. The van der Waals surface area contributed by atoms with E-state index in [2.05, 4.69) is 112 Å². The summed E-state index contributed by atoms with van der Waals surface area (Å²) in [4.78, 5) is 0.